The van der Waals surface area contributed by atoms with Crippen molar-refractivity contribution in [2.24, 2.45) is 4.99 Å². The van der Waals surface area contributed by atoms with Gasteiger partial charge in [0.15, 0.2) is 0 Å². The van der Waals surface area contributed by atoms with E-state index in [1.165, 1.54) is 15.9 Å². The molecule has 2 heteroatoms. The highest BCUT2D eigenvalue weighted by Gasteiger charge is 2.19. The maximum Gasteiger partial charge on any atom is 0.0781 e. The van der Waals surface area contributed by atoms with E-state index in [0.29, 0.717) is 0 Å². The largest absolute Gasteiger partial charge is 0.247 e. The molecule has 0 aliphatic rings. The number of aliphatic imine (C=N–C) groups is 1. The summed E-state index contributed by atoms with van der Waals surface area (Å²) in [6.45, 7) is 0. The van der Waals surface area contributed by atoms with Crippen LogP contribution in [0, 0.1) is 0 Å². The maximum atomic E-state index is 5.30. The smallest absolute Gasteiger partial charge is 0.0781 e. The lowest BCUT2D eigenvalue weighted by atomic mass is 10.0. The molecule has 0 heterocycles. The Morgan fingerprint density at radius 1 is 0.424 bits per heavy atom. The van der Waals surface area contributed by atoms with Crippen LogP contribution in [0.5, 0.6) is 0 Å². The van der Waals surface area contributed by atoms with E-state index in [0.717, 1.165) is 22.5 Å². The Labute approximate surface area is 196 Å². The minimum atomic E-state index is -0.742. The van der Waals surface area contributed by atoms with Crippen LogP contribution < -0.4 is 15.9 Å². The molecular formula is C31H24NP. The molecule has 33 heavy (non-hydrogen) atoms. The van der Waals surface area contributed by atoms with Crippen molar-refractivity contribution in [2.75, 3.05) is 0 Å². The zero-order chi connectivity index (χ0) is 22.3. The van der Waals surface area contributed by atoms with Gasteiger partial charge in [0.05, 0.1) is 11.4 Å². The third kappa shape index (κ3) is 4.85. The third-order valence-corrected chi connectivity index (χ3v) is 7.97. The molecule has 5 aromatic rings. The molecule has 0 amide bonds. The summed E-state index contributed by atoms with van der Waals surface area (Å²) in [7, 11) is -0.742. The van der Waals surface area contributed by atoms with E-state index >= 15 is 0 Å². The summed E-state index contributed by atoms with van der Waals surface area (Å²) in [5, 5.41) is 3.90. The van der Waals surface area contributed by atoms with Crippen molar-refractivity contribution in [3.8, 4) is 0 Å². The Bertz CT molecular complexity index is 1250. The van der Waals surface area contributed by atoms with Gasteiger partial charge in [-0.05, 0) is 24.6 Å². The molecule has 158 valence electrons. The average Bonchev–Trinajstić information content (AvgIpc) is 2.90. The first-order valence-corrected chi connectivity index (χ1v) is 12.4. The lowest BCUT2D eigenvalue weighted by molar-refractivity contribution is 1.49. The molecule has 0 aromatic heterocycles. The summed E-state index contributed by atoms with van der Waals surface area (Å²) in [5.41, 5.74) is 4.23. The zero-order valence-electron chi connectivity index (χ0n) is 18.3. The summed E-state index contributed by atoms with van der Waals surface area (Å²) in [5.74, 6) is 0. The molecule has 0 radical (unpaired) electrons. The van der Waals surface area contributed by atoms with Crippen molar-refractivity contribution < 1.29 is 0 Å². The van der Waals surface area contributed by atoms with E-state index in [4.69, 9.17) is 4.99 Å². The minimum Gasteiger partial charge on any atom is -0.247 e. The van der Waals surface area contributed by atoms with E-state index < -0.39 is 7.92 Å². The monoisotopic (exact) mass is 441 g/mol. The lowest BCUT2D eigenvalue weighted by Gasteiger charge is -2.21. The van der Waals surface area contributed by atoms with Crippen molar-refractivity contribution in [1.29, 1.82) is 0 Å². The summed E-state index contributed by atoms with van der Waals surface area (Å²) >= 11 is 0. The first kappa shape index (κ1) is 21.1. The van der Waals surface area contributed by atoms with Crippen molar-refractivity contribution in [3.63, 3.8) is 0 Å². The van der Waals surface area contributed by atoms with Crippen LogP contribution in [0.15, 0.2) is 151 Å². The molecule has 0 N–H and O–H groups in total. The van der Waals surface area contributed by atoms with Crippen molar-refractivity contribution >= 4 is 35.2 Å². The van der Waals surface area contributed by atoms with Gasteiger partial charge in [0.1, 0.15) is 0 Å². The first-order valence-electron chi connectivity index (χ1n) is 11.1. The molecular weight excluding hydrogens is 417 g/mol. The van der Waals surface area contributed by atoms with Crippen LogP contribution >= 0.6 is 7.92 Å². The van der Waals surface area contributed by atoms with E-state index in [-0.39, 0.29) is 0 Å². The molecule has 0 unspecified atom stereocenters. The van der Waals surface area contributed by atoms with Gasteiger partial charge in [-0.25, -0.2) is 4.99 Å². The van der Waals surface area contributed by atoms with E-state index in [1.54, 1.807) is 0 Å². The second kappa shape index (κ2) is 10.2. The van der Waals surface area contributed by atoms with Crippen LogP contribution in [0.25, 0.3) is 0 Å². The number of para-hydroxylation sites is 1. The fourth-order valence-corrected chi connectivity index (χ4v) is 6.32. The quantitative estimate of drug-likeness (QED) is 0.208. The first-order chi connectivity index (χ1) is 16.4. The normalized spacial score (nSPS) is 10.7. The molecule has 0 fully saturated rings. The molecule has 0 aliphatic carbocycles. The standard InChI is InChI=1S/C31H24NP/c1-5-15-25(16-6-1)31(26-17-7-2-8-18-26)32-29-23-13-14-24-30(29)33(27-19-9-3-10-20-27)28-21-11-4-12-22-28/h1-24H. The second-order valence-corrected chi connectivity index (χ2v) is 9.87. The maximum absolute atomic E-state index is 5.30. The Morgan fingerprint density at radius 3 is 1.30 bits per heavy atom. The van der Waals surface area contributed by atoms with Gasteiger partial charge in [0.2, 0.25) is 0 Å². The Hall–Kier alpha value is -3.80. The van der Waals surface area contributed by atoms with E-state index in [9.17, 15) is 0 Å². The average molecular weight is 442 g/mol. The Morgan fingerprint density at radius 2 is 0.818 bits per heavy atom. The highest BCUT2D eigenvalue weighted by Crippen LogP contribution is 2.36. The van der Waals surface area contributed by atoms with Gasteiger partial charge in [-0.3, -0.25) is 0 Å². The molecule has 0 saturated heterocycles. The van der Waals surface area contributed by atoms with Gasteiger partial charge in [0, 0.05) is 16.4 Å². The molecule has 0 spiro atoms. The molecule has 0 aliphatic heterocycles. The Balaban J connectivity index is 1.71. The predicted molar refractivity (Wildman–Crippen MR) is 143 cm³/mol. The highest BCUT2D eigenvalue weighted by molar-refractivity contribution is 7.80. The van der Waals surface area contributed by atoms with Crippen LogP contribution in [-0.2, 0) is 0 Å². The van der Waals surface area contributed by atoms with Crippen LogP contribution in [-0.4, -0.2) is 5.71 Å². The number of nitrogens with zero attached hydrogens (tertiary/aromatic N) is 1. The molecule has 0 atom stereocenters. The number of hydrogen-bond acceptors (Lipinski definition) is 1. The summed E-state index contributed by atoms with van der Waals surface area (Å²) in [6.07, 6.45) is 0. The SMILES string of the molecule is c1ccc(C(=Nc2ccccc2P(c2ccccc2)c2ccccc2)c2ccccc2)cc1. The number of benzene rings is 5. The summed E-state index contributed by atoms with van der Waals surface area (Å²) in [6, 6.07) is 51.1. The number of hydrogen-bond donors (Lipinski definition) is 0. The molecule has 5 rings (SSSR count). The topological polar surface area (TPSA) is 12.4 Å². The van der Waals surface area contributed by atoms with E-state index in [1.807, 2.05) is 12.1 Å². The van der Waals surface area contributed by atoms with Gasteiger partial charge in [-0.2, -0.15) is 0 Å². The fraction of sp³-hybridized carbons (Fsp3) is 0. The minimum absolute atomic E-state index is 0.742. The second-order valence-electron chi connectivity index (χ2n) is 7.69. The van der Waals surface area contributed by atoms with Gasteiger partial charge in [0.25, 0.3) is 0 Å². The lowest BCUT2D eigenvalue weighted by Crippen LogP contribution is -2.21. The van der Waals surface area contributed by atoms with Gasteiger partial charge in [-0.15, -0.1) is 0 Å². The van der Waals surface area contributed by atoms with E-state index in [2.05, 4.69) is 133 Å². The molecule has 0 bridgehead atoms. The third-order valence-electron chi connectivity index (χ3n) is 5.48. The number of rotatable bonds is 6. The van der Waals surface area contributed by atoms with Crippen LogP contribution in [0.3, 0.4) is 0 Å². The summed E-state index contributed by atoms with van der Waals surface area (Å²) in [4.78, 5) is 5.30. The van der Waals surface area contributed by atoms with Crippen LogP contribution in [0.2, 0.25) is 0 Å². The molecule has 5 aromatic carbocycles. The Kier molecular flexibility index (Phi) is 6.52. The van der Waals surface area contributed by atoms with Gasteiger partial charge >= 0.3 is 0 Å². The van der Waals surface area contributed by atoms with Crippen molar-refractivity contribution in [1.82, 2.24) is 0 Å². The zero-order valence-corrected chi connectivity index (χ0v) is 19.1. The van der Waals surface area contributed by atoms with Gasteiger partial charge < -0.3 is 0 Å². The summed E-state index contributed by atoms with van der Waals surface area (Å²) < 4.78 is 0. The predicted octanol–water partition coefficient (Wildman–Crippen LogP) is 6.61. The molecule has 1 nitrogen and oxygen atoms in total. The van der Waals surface area contributed by atoms with Crippen molar-refractivity contribution in [3.05, 3.63) is 157 Å². The molecule has 0 saturated carbocycles. The van der Waals surface area contributed by atoms with Crippen LogP contribution in [0.4, 0.5) is 5.69 Å². The fourth-order valence-electron chi connectivity index (χ4n) is 3.94. The van der Waals surface area contributed by atoms with Gasteiger partial charge in [-0.1, -0.05) is 140 Å². The van der Waals surface area contributed by atoms with Crippen molar-refractivity contribution in [2.45, 2.75) is 0 Å². The highest BCUT2D eigenvalue weighted by atomic mass is 31.1. The van der Waals surface area contributed by atoms with Crippen LogP contribution in [0.1, 0.15) is 11.1 Å².